The summed E-state index contributed by atoms with van der Waals surface area (Å²) in [5.41, 5.74) is 1.35. The van der Waals surface area contributed by atoms with E-state index in [1.807, 2.05) is 30.3 Å². The molecule has 0 aliphatic carbocycles. The third-order valence-corrected chi connectivity index (χ3v) is 4.93. The average Bonchev–Trinajstić information content (AvgIpc) is 2.47. The predicted molar refractivity (Wildman–Crippen MR) is 81.0 cm³/mol. The van der Waals surface area contributed by atoms with Gasteiger partial charge in [0.15, 0.2) is 0 Å². The molecule has 0 bridgehead atoms. The second-order valence-corrected chi connectivity index (χ2v) is 6.51. The Labute approximate surface area is 119 Å². The van der Waals surface area contributed by atoms with E-state index < -0.39 is 16.8 Å². The maximum Gasteiger partial charge on any atom is 0.336 e. The molecule has 0 aromatic heterocycles. The molecule has 4 nitrogen and oxygen atoms in total. The smallest absolute Gasteiger partial charge is 0.336 e. The first-order valence-corrected chi connectivity index (χ1v) is 8.00. The number of carboxylic acid groups (broad SMARTS) is 1. The van der Waals surface area contributed by atoms with E-state index in [4.69, 9.17) is 0 Å². The average molecular weight is 289 g/mol. The van der Waals surface area contributed by atoms with Gasteiger partial charge in [-0.2, -0.15) is 0 Å². The minimum Gasteiger partial charge on any atom is -0.478 e. The van der Waals surface area contributed by atoms with Crippen LogP contribution in [-0.2, 0) is 10.8 Å². The molecular weight excluding hydrogens is 274 g/mol. The standard InChI is InChI=1S/C15H15NO3S/c17-15(18)13-5-6-14(12-4-2-1-3-11(12)13)16-7-9-20(19)10-8-16/h1-6H,7-10H2,(H,17,18). The monoisotopic (exact) mass is 289 g/mol. The summed E-state index contributed by atoms with van der Waals surface area (Å²) in [6.45, 7) is 1.51. The topological polar surface area (TPSA) is 57.6 Å². The highest BCUT2D eigenvalue weighted by Crippen LogP contribution is 2.30. The number of anilines is 1. The Balaban J connectivity index is 2.11. The quantitative estimate of drug-likeness (QED) is 0.920. The van der Waals surface area contributed by atoms with Gasteiger partial charge in [-0.05, 0) is 17.5 Å². The second kappa shape index (κ2) is 5.25. The first-order chi connectivity index (χ1) is 9.66. The number of rotatable bonds is 2. The molecule has 0 spiro atoms. The molecule has 0 radical (unpaired) electrons. The van der Waals surface area contributed by atoms with E-state index in [2.05, 4.69) is 4.90 Å². The number of hydrogen-bond acceptors (Lipinski definition) is 3. The summed E-state index contributed by atoms with van der Waals surface area (Å²) >= 11 is 0. The normalized spacial score (nSPS) is 16.5. The van der Waals surface area contributed by atoms with Crippen LogP contribution >= 0.6 is 0 Å². The van der Waals surface area contributed by atoms with Crippen LogP contribution in [0.3, 0.4) is 0 Å². The van der Waals surface area contributed by atoms with Crippen molar-refractivity contribution >= 4 is 33.2 Å². The zero-order valence-corrected chi connectivity index (χ0v) is 11.7. The minimum atomic E-state index is -0.910. The second-order valence-electron chi connectivity index (χ2n) is 4.82. The van der Waals surface area contributed by atoms with Crippen molar-refractivity contribution in [3.63, 3.8) is 0 Å². The van der Waals surface area contributed by atoms with Crippen LogP contribution in [0.25, 0.3) is 10.8 Å². The number of carboxylic acids is 1. The number of carbonyl (C=O) groups is 1. The Morgan fingerprint density at radius 3 is 2.35 bits per heavy atom. The zero-order valence-electron chi connectivity index (χ0n) is 10.9. The highest BCUT2D eigenvalue weighted by molar-refractivity contribution is 7.85. The lowest BCUT2D eigenvalue weighted by molar-refractivity contribution is 0.0699. The van der Waals surface area contributed by atoms with Crippen molar-refractivity contribution in [3.05, 3.63) is 42.0 Å². The van der Waals surface area contributed by atoms with Gasteiger partial charge in [-0.25, -0.2) is 4.79 Å². The Morgan fingerprint density at radius 1 is 1.05 bits per heavy atom. The maximum atomic E-state index is 11.5. The lowest BCUT2D eigenvalue weighted by atomic mass is 10.0. The molecule has 5 heteroatoms. The van der Waals surface area contributed by atoms with E-state index in [-0.39, 0.29) is 0 Å². The van der Waals surface area contributed by atoms with Gasteiger partial charge in [-0.1, -0.05) is 24.3 Å². The highest BCUT2D eigenvalue weighted by Gasteiger charge is 2.19. The van der Waals surface area contributed by atoms with E-state index in [9.17, 15) is 14.1 Å². The van der Waals surface area contributed by atoms with E-state index >= 15 is 0 Å². The fraction of sp³-hybridized carbons (Fsp3) is 0.267. The number of benzene rings is 2. The molecule has 0 unspecified atom stereocenters. The fourth-order valence-corrected chi connectivity index (χ4v) is 3.68. The maximum absolute atomic E-state index is 11.5. The molecule has 0 saturated carbocycles. The minimum absolute atomic E-state index is 0.324. The summed E-state index contributed by atoms with van der Waals surface area (Å²) in [6, 6.07) is 11.1. The molecule has 1 saturated heterocycles. The van der Waals surface area contributed by atoms with E-state index in [1.165, 1.54) is 0 Å². The summed E-state index contributed by atoms with van der Waals surface area (Å²) < 4.78 is 11.5. The molecule has 0 amide bonds. The first kappa shape index (κ1) is 13.1. The lowest BCUT2D eigenvalue weighted by Gasteiger charge is -2.29. The first-order valence-electron chi connectivity index (χ1n) is 6.52. The Kier molecular flexibility index (Phi) is 3.44. The SMILES string of the molecule is O=C(O)c1ccc(N2CCS(=O)CC2)c2ccccc12. The number of aromatic carboxylic acids is 1. The molecule has 1 fully saturated rings. The molecule has 104 valence electrons. The summed E-state index contributed by atoms with van der Waals surface area (Å²) in [6.07, 6.45) is 0. The van der Waals surface area contributed by atoms with Crippen molar-refractivity contribution in [2.24, 2.45) is 0 Å². The van der Waals surface area contributed by atoms with E-state index in [0.717, 1.165) is 29.5 Å². The Morgan fingerprint density at radius 2 is 1.70 bits per heavy atom. The van der Waals surface area contributed by atoms with Crippen molar-refractivity contribution in [3.8, 4) is 0 Å². The predicted octanol–water partition coefficient (Wildman–Crippen LogP) is 2.11. The van der Waals surface area contributed by atoms with E-state index in [0.29, 0.717) is 17.1 Å². The molecule has 1 heterocycles. The Hall–Kier alpha value is -1.88. The summed E-state index contributed by atoms with van der Waals surface area (Å²) in [4.78, 5) is 13.5. The summed E-state index contributed by atoms with van der Waals surface area (Å²) in [5, 5.41) is 11.0. The van der Waals surface area contributed by atoms with Crippen LogP contribution in [0.4, 0.5) is 5.69 Å². The van der Waals surface area contributed by atoms with Gasteiger partial charge in [-0.3, -0.25) is 4.21 Å². The summed E-state index contributed by atoms with van der Waals surface area (Å²) in [5.74, 6) is 0.441. The molecule has 3 rings (SSSR count). The third-order valence-electron chi connectivity index (χ3n) is 3.65. The number of fused-ring (bicyclic) bond motifs is 1. The van der Waals surface area contributed by atoms with Crippen LogP contribution in [0.1, 0.15) is 10.4 Å². The molecule has 1 aliphatic heterocycles. The molecule has 20 heavy (non-hydrogen) atoms. The van der Waals surface area contributed by atoms with Crippen molar-refractivity contribution < 1.29 is 14.1 Å². The van der Waals surface area contributed by atoms with Gasteiger partial charge >= 0.3 is 5.97 Å². The van der Waals surface area contributed by atoms with Crippen molar-refractivity contribution in [2.75, 3.05) is 29.5 Å². The van der Waals surface area contributed by atoms with Crippen molar-refractivity contribution in [2.45, 2.75) is 0 Å². The van der Waals surface area contributed by atoms with Crippen LogP contribution in [0, 0.1) is 0 Å². The highest BCUT2D eigenvalue weighted by atomic mass is 32.2. The van der Waals surface area contributed by atoms with Crippen molar-refractivity contribution in [1.29, 1.82) is 0 Å². The molecular formula is C15H15NO3S. The van der Waals surface area contributed by atoms with Crippen LogP contribution in [-0.4, -0.2) is 39.9 Å². The summed E-state index contributed by atoms with van der Waals surface area (Å²) in [7, 11) is -0.716. The molecule has 0 atom stereocenters. The lowest BCUT2D eigenvalue weighted by Crippen LogP contribution is -2.37. The number of hydrogen-bond donors (Lipinski definition) is 1. The van der Waals surface area contributed by atoms with Crippen LogP contribution in [0.2, 0.25) is 0 Å². The fourth-order valence-electron chi connectivity index (χ4n) is 2.62. The molecule has 1 N–H and O–H groups in total. The van der Waals surface area contributed by atoms with Crippen molar-refractivity contribution in [1.82, 2.24) is 0 Å². The van der Waals surface area contributed by atoms with Gasteiger partial charge in [0.2, 0.25) is 0 Å². The number of nitrogens with zero attached hydrogens (tertiary/aromatic N) is 1. The van der Waals surface area contributed by atoms with Gasteiger partial charge in [-0.15, -0.1) is 0 Å². The largest absolute Gasteiger partial charge is 0.478 e. The van der Waals surface area contributed by atoms with Gasteiger partial charge < -0.3 is 10.0 Å². The van der Waals surface area contributed by atoms with E-state index in [1.54, 1.807) is 6.07 Å². The van der Waals surface area contributed by atoms with Gasteiger partial charge in [0.25, 0.3) is 0 Å². The van der Waals surface area contributed by atoms with Gasteiger partial charge in [0.05, 0.1) is 5.56 Å². The Bertz CT molecular complexity index is 689. The molecule has 1 aliphatic rings. The zero-order chi connectivity index (χ0) is 14.1. The van der Waals surface area contributed by atoms with Crippen LogP contribution in [0.15, 0.2) is 36.4 Å². The van der Waals surface area contributed by atoms with Crippen LogP contribution in [0.5, 0.6) is 0 Å². The van der Waals surface area contributed by atoms with Gasteiger partial charge in [0.1, 0.15) is 0 Å². The van der Waals surface area contributed by atoms with Crippen LogP contribution < -0.4 is 4.90 Å². The molecule has 2 aromatic carbocycles. The molecule has 2 aromatic rings. The third kappa shape index (κ3) is 2.29. The van der Waals surface area contributed by atoms with Gasteiger partial charge in [0, 0.05) is 46.5 Å².